The molecule has 2 aromatic rings. The summed E-state index contributed by atoms with van der Waals surface area (Å²) in [5.41, 5.74) is 1.42. The molecular formula is C14H20N6O4S2. The van der Waals surface area contributed by atoms with Gasteiger partial charge >= 0.3 is 11.9 Å². The van der Waals surface area contributed by atoms with Crippen molar-refractivity contribution >= 4 is 33.5 Å². The van der Waals surface area contributed by atoms with Gasteiger partial charge in [0, 0.05) is 12.8 Å². The Balaban J connectivity index is 2.03. The van der Waals surface area contributed by atoms with Gasteiger partial charge in [0.25, 0.3) is 0 Å². The number of aromatic amines is 2. The first-order valence-electron chi connectivity index (χ1n) is 7.65. The molecule has 2 rings (SSSR count). The zero-order valence-electron chi connectivity index (χ0n) is 14.1. The maximum absolute atomic E-state index is 11.2. The maximum Gasteiger partial charge on any atom is 0.321 e. The summed E-state index contributed by atoms with van der Waals surface area (Å²) >= 11 is 0. The smallest absolute Gasteiger partial charge is 0.321 e. The second-order valence-corrected chi connectivity index (χ2v) is 7.41. The SMILES string of the molecule is CNC(Cc1[nH]cnc1SSc1nc[nH]c1CC(NC)C(=O)O)C(=O)O. The summed E-state index contributed by atoms with van der Waals surface area (Å²) in [7, 11) is 5.85. The fourth-order valence-corrected chi connectivity index (χ4v) is 4.34. The van der Waals surface area contributed by atoms with Gasteiger partial charge in [0.05, 0.1) is 24.0 Å². The third-order valence-corrected chi connectivity index (χ3v) is 5.97. The number of carbonyl (C=O) groups is 2. The van der Waals surface area contributed by atoms with Crippen molar-refractivity contribution in [3.8, 4) is 0 Å². The first-order chi connectivity index (χ1) is 12.5. The third-order valence-electron chi connectivity index (χ3n) is 3.67. The maximum atomic E-state index is 11.2. The second-order valence-electron chi connectivity index (χ2n) is 5.31. The van der Waals surface area contributed by atoms with Crippen molar-refractivity contribution < 1.29 is 19.8 Å². The third kappa shape index (κ3) is 5.24. The lowest BCUT2D eigenvalue weighted by Crippen LogP contribution is -2.36. The molecule has 0 aromatic carbocycles. The Hall–Kier alpha value is -2.02. The zero-order chi connectivity index (χ0) is 19.1. The number of rotatable bonds is 11. The van der Waals surface area contributed by atoms with Crippen molar-refractivity contribution in [1.82, 2.24) is 30.6 Å². The minimum atomic E-state index is -0.938. The molecule has 0 radical (unpaired) electrons. The Morgan fingerprint density at radius 2 is 1.35 bits per heavy atom. The summed E-state index contributed by atoms with van der Waals surface area (Å²) in [5, 5.41) is 25.1. The highest BCUT2D eigenvalue weighted by atomic mass is 33.1. The van der Waals surface area contributed by atoms with Gasteiger partial charge in [-0.3, -0.25) is 9.59 Å². The van der Waals surface area contributed by atoms with Gasteiger partial charge in [0.15, 0.2) is 0 Å². The molecule has 12 heteroatoms. The fraction of sp³-hybridized carbons (Fsp3) is 0.429. The predicted octanol–water partition coefficient (Wildman–Crippen LogP) is 0.362. The molecule has 0 aliphatic rings. The van der Waals surface area contributed by atoms with Crippen LogP contribution in [0, 0.1) is 0 Å². The number of likely N-dealkylation sites (N-methyl/N-ethyl adjacent to an activating group) is 2. The Morgan fingerprint density at radius 3 is 1.65 bits per heavy atom. The fourth-order valence-electron chi connectivity index (χ4n) is 2.17. The predicted molar refractivity (Wildman–Crippen MR) is 97.3 cm³/mol. The van der Waals surface area contributed by atoms with Crippen molar-refractivity contribution in [1.29, 1.82) is 0 Å². The van der Waals surface area contributed by atoms with E-state index in [1.165, 1.54) is 34.2 Å². The molecule has 142 valence electrons. The highest BCUT2D eigenvalue weighted by Gasteiger charge is 2.21. The monoisotopic (exact) mass is 400 g/mol. The highest BCUT2D eigenvalue weighted by Crippen LogP contribution is 2.38. The van der Waals surface area contributed by atoms with Crippen LogP contribution in [0.25, 0.3) is 0 Å². The summed E-state index contributed by atoms with van der Waals surface area (Å²) in [6.07, 6.45) is 3.56. The van der Waals surface area contributed by atoms with Crippen molar-refractivity contribution in [2.45, 2.75) is 35.0 Å². The Bertz CT molecular complexity index is 687. The molecule has 0 bridgehead atoms. The Morgan fingerprint density at radius 1 is 0.962 bits per heavy atom. The molecule has 0 aliphatic heterocycles. The molecule has 0 spiro atoms. The summed E-state index contributed by atoms with van der Waals surface area (Å²) < 4.78 is 0. The van der Waals surface area contributed by atoms with E-state index < -0.39 is 24.0 Å². The van der Waals surface area contributed by atoms with Gasteiger partial charge in [-0.2, -0.15) is 0 Å². The molecule has 6 N–H and O–H groups in total. The zero-order valence-corrected chi connectivity index (χ0v) is 15.8. The van der Waals surface area contributed by atoms with Gasteiger partial charge in [0.1, 0.15) is 22.1 Å². The standard InChI is InChI=1S/C14H20N6O4S2/c1-15-9(13(21)22)3-7-11(19-5-17-7)25-26-12-8(18-6-20-12)4-10(16-2)14(23)24/h5-6,9-10,15-16H,3-4H2,1-2H3,(H,17,19)(H,18,20)(H,21,22)(H,23,24). The summed E-state index contributed by atoms with van der Waals surface area (Å²) in [6, 6.07) is -1.43. The number of H-pyrrole nitrogens is 2. The number of hydrogen-bond acceptors (Lipinski definition) is 8. The highest BCUT2D eigenvalue weighted by molar-refractivity contribution is 8.76. The van der Waals surface area contributed by atoms with Gasteiger partial charge in [-0.25, -0.2) is 9.97 Å². The van der Waals surface area contributed by atoms with Crippen LogP contribution in [0.1, 0.15) is 11.4 Å². The van der Waals surface area contributed by atoms with Crippen LogP contribution in [0.5, 0.6) is 0 Å². The molecular weight excluding hydrogens is 380 g/mol. The molecule has 2 heterocycles. The largest absolute Gasteiger partial charge is 0.480 e. The molecule has 2 atom stereocenters. The number of hydrogen-bond donors (Lipinski definition) is 6. The topological polar surface area (TPSA) is 156 Å². The minimum absolute atomic E-state index is 0.267. The molecule has 2 aromatic heterocycles. The van der Waals surface area contributed by atoms with Crippen LogP contribution in [0.2, 0.25) is 0 Å². The van der Waals surface area contributed by atoms with E-state index in [0.717, 1.165) is 0 Å². The van der Waals surface area contributed by atoms with Crippen molar-refractivity contribution in [3.63, 3.8) is 0 Å². The van der Waals surface area contributed by atoms with E-state index in [9.17, 15) is 9.59 Å². The average Bonchev–Trinajstić information content (AvgIpc) is 3.23. The first kappa shape index (κ1) is 20.3. The lowest BCUT2D eigenvalue weighted by Gasteiger charge is -2.11. The van der Waals surface area contributed by atoms with Crippen molar-refractivity contribution in [2.75, 3.05) is 14.1 Å². The normalized spacial score (nSPS) is 13.5. The number of aromatic nitrogens is 4. The van der Waals surface area contributed by atoms with Gasteiger partial charge in [-0.05, 0) is 35.7 Å². The van der Waals surface area contributed by atoms with E-state index in [1.807, 2.05) is 0 Å². The molecule has 2 unspecified atom stereocenters. The van der Waals surface area contributed by atoms with E-state index in [-0.39, 0.29) is 12.8 Å². The van der Waals surface area contributed by atoms with E-state index in [0.29, 0.717) is 21.4 Å². The van der Waals surface area contributed by atoms with E-state index in [4.69, 9.17) is 10.2 Å². The number of carboxylic acid groups (broad SMARTS) is 2. The van der Waals surface area contributed by atoms with Gasteiger partial charge in [0.2, 0.25) is 0 Å². The summed E-state index contributed by atoms with van der Waals surface area (Å²) in [6.45, 7) is 0. The van der Waals surface area contributed by atoms with Crippen LogP contribution < -0.4 is 10.6 Å². The minimum Gasteiger partial charge on any atom is -0.480 e. The molecule has 0 aliphatic carbocycles. The van der Waals surface area contributed by atoms with Crippen LogP contribution in [-0.4, -0.2) is 68.3 Å². The van der Waals surface area contributed by atoms with Crippen LogP contribution in [0.4, 0.5) is 0 Å². The quantitative estimate of drug-likeness (QED) is 0.291. The van der Waals surface area contributed by atoms with Crippen LogP contribution in [0.3, 0.4) is 0 Å². The number of imidazole rings is 2. The van der Waals surface area contributed by atoms with Crippen LogP contribution >= 0.6 is 21.6 Å². The summed E-state index contributed by atoms with van der Waals surface area (Å²) in [4.78, 5) is 36.7. The Labute approximate surface area is 157 Å². The summed E-state index contributed by atoms with van der Waals surface area (Å²) in [5.74, 6) is -1.88. The number of nitrogens with zero attached hydrogens (tertiary/aromatic N) is 2. The molecule has 26 heavy (non-hydrogen) atoms. The number of aliphatic carboxylic acids is 2. The molecule has 0 fully saturated rings. The van der Waals surface area contributed by atoms with E-state index >= 15 is 0 Å². The lowest BCUT2D eigenvalue weighted by atomic mass is 10.2. The average molecular weight is 400 g/mol. The first-order valence-corrected chi connectivity index (χ1v) is 9.80. The second kappa shape index (κ2) is 9.62. The van der Waals surface area contributed by atoms with Crippen molar-refractivity contribution in [3.05, 3.63) is 24.0 Å². The molecule has 0 saturated heterocycles. The Kier molecular flexibility index (Phi) is 7.50. The molecule has 0 saturated carbocycles. The van der Waals surface area contributed by atoms with E-state index in [2.05, 4.69) is 30.6 Å². The van der Waals surface area contributed by atoms with Gasteiger partial charge in [-0.15, -0.1) is 0 Å². The van der Waals surface area contributed by atoms with Gasteiger partial charge < -0.3 is 30.8 Å². The number of carboxylic acids is 2. The van der Waals surface area contributed by atoms with Gasteiger partial charge in [-0.1, -0.05) is 0 Å². The van der Waals surface area contributed by atoms with Crippen LogP contribution in [-0.2, 0) is 22.4 Å². The van der Waals surface area contributed by atoms with E-state index in [1.54, 1.807) is 14.1 Å². The lowest BCUT2D eigenvalue weighted by molar-refractivity contribution is -0.140. The van der Waals surface area contributed by atoms with Crippen molar-refractivity contribution in [2.24, 2.45) is 0 Å². The number of nitrogens with one attached hydrogen (secondary N) is 4. The molecule has 0 amide bonds. The van der Waals surface area contributed by atoms with Crippen LogP contribution in [0.15, 0.2) is 22.7 Å². The molecule has 10 nitrogen and oxygen atoms in total.